The van der Waals surface area contributed by atoms with Gasteiger partial charge in [-0.15, -0.1) is 0 Å². The Hall–Kier alpha value is -2.02. The van der Waals surface area contributed by atoms with Gasteiger partial charge in [0, 0.05) is 17.9 Å². The molecule has 0 aromatic heterocycles. The maximum absolute atomic E-state index is 6.22. The molecule has 1 heterocycles. The minimum atomic E-state index is 0.414. The van der Waals surface area contributed by atoms with Crippen LogP contribution in [-0.4, -0.2) is 0 Å². The zero-order chi connectivity index (χ0) is 15.8. The van der Waals surface area contributed by atoms with Crippen molar-refractivity contribution < 1.29 is 4.74 Å². The first-order chi connectivity index (χ1) is 10.8. The second-order valence-electron chi connectivity index (χ2n) is 5.49. The van der Waals surface area contributed by atoms with Crippen LogP contribution >= 0.6 is 0 Å². The lowest BCUT2D eigenvalue weighted by atomic mass is 9.83. The van der Waals surface area contributed by atoms with Gasteiger partial charge in [-0.2, -0.15) is 0 Å². The van der Waals surface area contributed by atoms with Crippen LogP contribution in [0.25, 0.3) is 0 Å². The molecule has 1 unspecified atom stereocenters. The van der Waals surface area contributed by atoms with Gasteiger partial charge >= 0.3 is 0 Å². The number of ether oxygens (including phenoxy) is 1. The van der Waals surface area contributed by atoms with Crippen molar-refractivity contribution in [1.29, 1.82) is 0 Å². The summed E-state index contributed by atoms with van der Waals surface area (Å²) in [4.78, 5) is 0. The highest BCUT2D eigenvalue weighted by atomic mass is 16.5. The lowest BCUT2D eigenvalue weighted by Crippen LogP contribution is -2.15. The van der Waals surface area contributed by atoms with Crippen LogP contribution in [0.1, 0.15) is 51.5 Å². The second kappa shape index (κ2) is 8.43. The van der Waals surface area contributed by atoms with Gasteiger partial charge in [0.25, 0.3) is 0 Å². The van der Waals surface area contributed by atoms with Crippen LogP contribution in [0.15, 0.2) is 72.1 Å². The number of fused-ring (bicyclic) bond motifs is 1. The van der Waals surface area contributed by atoms with Crippen LogP contribution in [0.5, 0.6) is 5.75 Å². The lowest BCUT2D eigenvalue weighted by molar-refractivity contribution is 0.378. The lowest BCUT2D eigenvalue weighted by Gasteiger charge is -2.30. The number of hydrogen-bond donors (Lipinski definition) is 0. The van der Waals surface area contributed by atoms with Crippen molar-refractivity contribution in [2.75, 3.05) is 0 Å². The van der Waals surface area contributed by atoms with E-state index in [1.165, 1.54) is 11.1 Å². The Kier molecular flexibility index (Phi) is 6.27. The molecule has 1 aromatic carbocycles. The molecule has 1 heteroatoms. The molecule has 1 aromatic rings. The predicted octanol–water partition coefficient (Wildman–Crippen LogP) is 6.32. The maximum Gasteiger partial charge on any atom is 0.130 e. The number of allylic oxidation sites excluding steroid dienone is 7. The van der Waals surface area contributed by atoms with E-state index in [2.05, 4.69) is 81.5 Å². The van der Waals surface area contributed by atoms with E-state index in [1.807, 2.05) is 0 Å². The topological polar surface area (TPSA) is 9.23 Å². The van der Waals surface area contributed by atoms with E-state index in [1.54, 1.807) is 0 Å². The highest BCUT2D eigenvalue weighted by Gasteiger charge is 2.27. The molecular formula is C21H26O. The summed E-state index contributed by atoms with van der Waals surface area (Å²) in [5.74, 6) is 2.54. The molecule has 0 saturated carbocycles. The smallest absolute Gasteiger partial charge is 0.130 e. The molecule has 116 valence electrons. The van der Waals surface area contributed by atoms with Crippen molar-refractivity contribution in [1.82, 2.24) is 0 Å². The van der Waals surface area contributed by atoms with E-state index in [0.717, 1.165) is 30.8 Å². The fraction of sp³-hybridized carbons (Fsp3) is 0.333. The monoisotopic (exact) mass is 294 g/mol. The van der Waals surface area contributed by atoms with Crippen LogP contribution in [-0.2, 0) is 0 Å². The Bertz CT molecular complexity index is 602. The molecular weight excluding hydrogens is 268 g/mol. The summed E-state index contributed by atoms with van der Waals surface area (Å²) >= 11 is 0. The first-order valence-corrected chi connectivity index (χ1v) is 8.14. The summed E-state index contributed by atoms with van der Waals surface area (Å²) in [6.45, 7) is 6.21. The largest absolute Gasteiger partial charge is 0.461 e. The molecule has 2 rings (SSSR count). The van der Waals surface area contributed by atoms with Gasteiger partial charge in [-0.25, -0.2) is 0 Å². The molecule has 0 saturated heterocycles. The number of para-hydroxylation sites is 1. The van der Waals surface area contributed by atoms with Gasteiger partial charge in [-0.1, -0.05) is 54.7 Å². The molecule has 1 aliphatic rings. The van der Waals surface area contributed by atoms with Gasteiger partial charge in [0.1, 0.15) is 11.5 Å². The predicted molar refractivity (Wildman–Crippen MR) is 95.1 cm³/mol. The SMILES string of the molecule is C/C=C/CC1=C(C/C=C/C)C(C/C=C/C)c2ccccc2O1. The zero-order valence-corrected chi connectivity index (χ0v) is 13.9. The Balaban J connectivity index is 2.45. The van der Waals surface area contributed by atoms with Crippen LogP contribution in [0, 0.1) is 0 Å². The summed E-state index contributed by atoms with van der Waals surface area (Å²) < 4.78 is 6.22. The van der Waals surface area contributed by atoms with Crippen LogP contribution < -0.4 is 4.74 Å². The molecule has 0 aliphatic carbocycles. The van der Waals surface area contributed by atoms with Crippen LogP contribution in [0.4, 0.5) is 0 Å². The molecule has 1 aliphatic heterocycles. The summed E-state index contributed by atoms with van der Waals surface area (Å²) in [6, 6.07) is 8.44. The summed E-state index contributed by atoms with van der Waals surface area (Å²) in [6.07, 6.45) is 15.9. The van der Waals surface area contributed by atoms with E-state index in [0.29, 0.717) is 5.92 Å². The van der Waals surface area contributed by atoms with E-state index < -0.39 is 0 Å². The second-order valence-corrected chi connectivity index (χ2v) is 5.49. The fourth-order valence-corrected chi connectivity index (χ4v) is 2.88. The van der Waals surface area contributed by atoms with Crippen molar-refractivity contribution in [3.05, 3.63) is 77.6 Å². The van der Waals surface area contributed by atoms with Crippen molar-refractivity contribution in [2.45, 2.75) is 46.0 Å². The van der Waals surface area contributed by atoms with Gasteiger partial charge in [0.05, 0.1) is 0 Å². The van der Waals surface area contributed by atoms with Gasteiger partial charge < -0.3 is 4.74 Å². The Morgan fingerprint density at radius 3 is 2.32 bits per heavy atom. The van der Waals surface area contributed by atoms with Crippen molar-refractivity contribution in [3.8, 4) is 5.75 Å². The van der Waals surface area contributed by atoms with Gasteiger partial charge in [0.15, 0.2) is 0 Å². The molecule has 0 fully saturated rings. The number of benzene rings is 1. The highest BCUT2D eigenvalue weighted by Crippen LogP contribution is 2.43. The van der Waals surface area contributed by atoms with Crippen LogP contribution in [0.3, 0.4) is 0 Å². The first kappa shape index (κ1) is 16.4. The third-order valence-electron chi connectivity index (χ3n) is 4.03. The number of hydrogen-bond acceptors (Lipinski definition) is 1. The Morgan fingerprint density at radius 1 is 0.909 bits per heavy atom. The average Bonchev–Trinajstić information content (AvgIpc) is 2.56. The average molecular weight is 294 g/mol. The summed E-state index contributed by atoms with van der Waals surface area (Å²) in [5.41, 5.74) is 2.72. The minimum Gasteiger partial charge on any atom is -0.461 e. The maximum atomic E-state index is 6.22. The van der Waals surface area contributed by atoms with Gasteiger partial charge in [-0.05, 0) is 45.3 Å². The van der Waals surface area contributed by atoms with E-state index >= 15 is 0 Å². The molecule has 0 amide bonds. The van der Waals surface area contributed by atoms with E-state index in [-0.39, 0.29) is 0 Å². The quantitative estimate of drug-likeness (QED) is 0.558. The third-order valence-corrected chi connectivity index (χ3v) is 4.03. The minimum absolute atomic E-state index is 0.414. The summed E-state index contributed by atoms with van der Waals surface area (Å²) in [5, 5.41) is 0. The van der Waals surface area contributed by atoms with Gasteiger partial charge in [0.2, 0.25) is 0 Å². The van der Waals surface area contributed by atoms with Crippen molar-refractivity contribution in [2.24, 2.45) is 0 Å². The summed E-state index contributed by atoms with van der Waals surface area (Å²) in [7, 11) is 0. The third kappa shape index (κ3) is 3.79. The Morgan fingerprint density at radius 2 is 1.59 bits per heavy atom. The molecule has 0 radical (unpaired) electrons. The molecule has 0 spiro atoms. The normalized spacial score (nSPS) is 18.4. The van der Waals surface area contributed by atoms with Gasteiger partial charge in [-0.3, -0.25) is 0 Å². The highest BCUT2D eigenvalue weighted by molar-refractivity contribution is 5.47. The molecule has 0 N–H and O–H groups in total. The van der Waals surface area contributed by atoms with E-state index in [4.69, 9.17) is 4.74 Å². The first-order valence-electron chi connectivity index (χ1n) is 8.14. The molecule has 0 bridgehead atoms. The fourth-order valence-electron chi connectivity index (χ4n) is 2.88. The number of rotatable bonds is 6. The standard InChI is InChI=1S/C21H26O/c1-4-7-12-17-18(13-8-5-2)20(15-9-6-3)22-21-16-11-10-14-19(17)21/h4-11,14,16-17H,12-13,15H2,1-3H3/b7-4+,8-5+,9-6+. The van der Waals surface area contributed by atoms with E-state index in [9.17, 15) is 0 Å². The molecule has 22 heavy (non-hydrogen) atoms. The molecule has 1 atom stereocenters. The molecule has 1 nitrogen and oxygen atoms in total. The van der Waals surface area contributed by atoms with Crippen molar-refractivity contribution in [3.63, 3.8) is 0 Å². The van der Waals surface area contributed by atoms with Crippen molar-refractivity contribution >= 4 is 0 Å². The Labute approximate surface area is 134 Å². The zero-order valence-electron chi connectivity index (χ0n) is 13.9. The van der Waals surface area contributed by atoms with Crippen LogP contribution in [0.2, 0.25) is 0 Å².